The molecule has 0 aliphatic carbocycles. The number of nitrogens with zero attached hydrogens (tertiary/aromatic N) is 2. The van der Waals surface area contributed by atoms with Crippen LogP contribution in [0.4, 0.5) is 5.69 Å². The number of nitro benzene ring substituents is 1. The fraction of sp³-hybridized carbons (Fsp3) is 0.429. The second kappa shape index (κ2) is 6.99. The van der Waals surface area contributed by atoms with E-state index in [9.17, 15) is 19.7 Å². The van der Waals surface area contributed by atoms with E-state index in [0.29, 0.717) is 31.9 Å². The molecule has 1 aliphatic rings. The van der Waals surface area contributed by atoms with Crippen LogP contribution >= 0.6 is 0 Å². The van der Waals surface area contributed by atoms with Crippen LogP contribution in [0.15, 0.2) is 18.2 Å². The third kappa shape index (κ3) is 3.79. The molecule has 1 aliphatic heterocycles. The van der Waals surface area contributed by atoms with Gasteiger partial charge in [0.25, 0.3) is 11.6 Å². The van der Waals surface area contributed by atoms with Gasteiger partial charge in [0.15, 0.2) is 6.61 Å². The molecular formula is C14H16N2O6. The minimum atomic E-state index is -0.760. The van der Waals surface area contributed by atoms with Crippen molar-refractivity contribution in [3.63, 3.8) is 0 Å². The quantitative estimate of drug-likeness (QED) is 0.466. The zero-order valence-electron chi connectivity index (χ0n) is 12.1. The molecule has 1 heterocycles. The van der Waals surface area contributed by atoms with Gasteiger partial charge in [-0.15, -0.1) is 0 Å². The molecule has 8 nitrogen and oxygen atoms in total. The summed E-state index contributed by atoms with van der Waals surface area (Å²) in [6, 6.07) is 4.05. The molecular weight excluding hydrogens is 292 g/mol. The van der Waals surface area contributed by atoms with Gasteiger partial charge in [0.1, 0.15) is 0 Å². The first kappa shape index (κ1) is 15.9. The summed E-state index contributed by atoms with van der Waals surface area (Å²) < 4.78 is 10.1. The Morgan fingerprint density at radius 2 is 2.05 bits per heavy atom. The molecule has 1 fully saturated rings. The lowest BCUT2D eigenvalue weighted by atomic mass is 10.1. The summed E-state index contributed by atoms with van der Waals surface area (Å²) in [4.78, 5) is 35.6. The first-order valence-corrected chi connectivity index (χ1v) is 6.76. The topological polar surface area (TPSA) is 99.0 Å². The summed E-state index contributed by atoms with van der Waals surface area (Å²) in [6.07, 6.45) is 0. The van der Waals surface area contributed by atoms with Crippen LogP contribution < -0.4 is 0 Å². The van der Waals surface area contributed by atoms with E-state index in [2.05, 4.69) is 0 Å². The van der Waals surface area contributed by atoms with Crippen molar-refractivity contribution in [1.82, 2.24) is 4.90 Å². The number of ether oxygens (including phenoxy) is 2. The zero-order valence-corrected chi connectivity index (χ0v) is 12.1. The molecule has 8 heteroatoms. The molecule has 0 saturated carbocycles. The number of morpholine rings is 1. The highest BCUT2D eigenvalue weighted by Gasteiger charge is 2.20. The van der Waals surface area contributed by atoms with Crippen molar-refractivity contribution < 1.29 is 24.0 Å². The SMILES string of the molecule is Cc1ccc(C(=O)OCC(=O)N2CCOCC2)cc1[N+](=O)[O-]. The van der Waals surface area contributed by atoms with Crippen molar-refractivity contribution in [3.05, 3.63) is 39.4 Å². The van der Waals surface area contributed by atoms with Gasteiger partial charge in [-0.2, -0.15) is 0 Å². The summed E-state index contributed by atoms with van der Waals surface area (Å²) in [5.74, 6) is -1.07. The lowest BCUT2D eigenvalue weighted by molar-refractivity contribution is -0.385. The van der Waals surface area contributed by atoms with Gasteiger partial charge in [-0.05, 0) is 13.0 Å². The molecule has 1 saturated heterocycles. The van der Waals surface area contributed by atoms with Gasteiger partial charge in [-0.25, -0.2) is 4.79 Å². The molecule has 0 atom stereocenters. The average Bonchev–Trinajstić information content (AvgIpc) is 2.53. The number of nitro groups is 1. The Morgan fingerprint density at radius 1 is 1.36 bits per heavy atom. The van der Waals surface area contributed by atoms with Gasteiger partial charge < -0.3 is 14.4 Å². The first-order chi connectivity index (χ1) is 10.5. The van der Waals surface area contributed by atoms with Crippen LogP contribution in [0, 0.1) is 17.0 Å². The minimum absolute atomic E-state index is 0.0482. The Balaban J connectivity index is 1.96. The predicted octanol–water partition coefficient (Wildman–Crippen LogP) is 0.919. The Bertz CT molecular complexity index is 595. The van der Waals surface area contributed by atoms with E-state index in [1.54, 1.807) is 11.8 Å². The number of aryl methyl sites for hydroxylation is 1. The van der Waals surface area contributed by atoms with Gasteiger partial charge >= 0.3 is 5.97 Å². The molecule has 0 unspecified atom stereocenters. The van der Waals surface area contributed by atoms with Crippen LogP contribution in [-0.4, -0.2) is 54.6 Å². The second-order valence-electron chi connectivity index (χ2n) is 4.83. The lowest BCUT2D eigenvalue weighted by Gasteiger charge is -2.26. The molecule has 1 amide bonds. The highest BCUT2D eigenvalue weighted by atomic mass is 16.6. The fourth-order valence-corrected chi connectivity index (χ4v) is 2.05. The summed E-state index contributed by atoms with van der Waals surface area (Å²) in [6.45, 7) is 3.04. The van der Waals surface area contributed by atoms with Crippen LogP contribution in [0.25, 0.3) is 0 Å². The molecule has 118 valence electrons. The van der Waals surface area contributed by atoms with E-state index in [1.807, 2.05) is 0 Å². The van der Waals surface area contributed by atoms with Gasteiger partial charge in [0.2, 0.25) is 0 Å². The number of hydrogen-bond donors (Lipinski definition) is 0. The van der Waals surface area contributed by atoms with Crippen LogP contribution in [0.5, 0.6) is 0 Å². The molecule has 1 aromatic rings. The highest BCUT2D eigenvalue weighted by molar-refractivity contribution is 5.92. The van der Waals surface area contributed by atoms with Crippen molar-refractivity contribution in [1.29, 1.82) is 0 Å². The molecule has 0 aromatic heterocycles. The largest absolute Gasteiger partial charge is 0.452 e. The van der Waals surface area contributed by atoms with Gasteiger partial charge in [-0.3, -0.25) is 14.9 Å². The van der Waals surface area contributed by atoms with Crippen LogP contribution in [0.3, 0.4) is 0 Å². The van der Waals surface area contributed by atoms with Gasteiger partial charge in [-0.1, -0.05) is 6.07 Å². The molecule has 22 heavy (non-hydrogen) atoms. The van der Waals surface area contributed by atoms with Crippen LogP contribution in [0.1, 0.15) is 15.9 Å². The summed E-state index contributed by atoms with van der Waals surface area (Å²) >= 11 is 0. The molecule has 0 spiro atoms. The third-order valence-electron chi connectivity index (χ3n) is 3.33. The number of carbonyl (C=O) groups excluding carboxylic acids is 2. The smallest absolute Gasteiger partial charge is 0.338 e. The van der Waals surface area contributed by atoms with E-state index in [-0.39, 0.29) is 23.8 Å². The van der Waals surface area contributed by atoms with E-state index >= 15 is 0 Å². The standard InChI is InChI=1S/C14H16N2O6/c1-10-2-3-11(8-12(10)16(19)20)14(18)22-9-13(17)15-4-6-21-7-5-15/h2-3,8H,4-7,9H2,1H3. The first-order valence-electron chi connectivity index (χ1n) is 6.76. The Labute approximate surface area is 126 Å². The van der Waals surface area contributed by atoms with Crippen molar-refractivity contribution in [2.45, 2.75) is 6.92 Å². The van der Waals surface area contributed by atoms with Crippen LogP contribution in [-0.2, 0) is 14.3 Å². The minimum Gasteiger partial charge on any atom is -0.452 e. The molecule has 0 bridgehead atoms. The zero-order chi connectivity index (χ0) is 16.1. The van der Waals surface area contributed by atoms with E-state index in [0.717, 1.165) is 6.07 Å². The second-order valence-corrected chi connectivity index (χ2v) is 4.83. The number of hydrogen-bond acceptors (Lipinski definition) is 6. The fourth-order valence-electron chi connectivity index (χ4n) is 2.05. The molecule has 2 rings (SSSR count). The summed E-state index contributed by atoms with van der Waals surface area (Å²) in [5.41, 5.74) is 0.340. The van der Waals surface area contributed by atoms with Crippen molar-refractivity contribution in [2.75, 3.05) is 32.9 Å². The van der Waals surface area contributed by atoms with Crippen molar-refractivity contribution in [3.8, 4) is 0 Å². The number of rotatable bonds is 4. The number of benzene rings is 1. The number of amides is 1. The normalized spacial score (nSPS) is 14.5. The summed E-state index contributed by atoms with van der Waals surface area (Å²) in [7, 11) is 0. The van der Waals surface area contributed by atoms with Crippen molar-refractivity contribution >= 4 is 17.6 Å². The number of esters is 1. The van der Waals surface area contributed by atoms with E-state index in [1.165, 1.54) is 12.1 Å². The van der Waals surface area contributed by atoms with Crippen LogP contribution in [0.2, 0.25) is 0 Å². The average molecular weight is 308 g/mol. The lowest BCUT2D eigenvalue weighted by Crippen LogP contribution is -2.42. The van der Waals surface area contributed by atoms with Gasteiger partial charge in [0, 0.05) is 24.7 Å². The molecule has 0 radical (unpaired) electrons. The number of carbonyl (C=O) groups is 2. The molecule has 0 N–H and O–H groups in total. The maximum Gasteiger partial charge on any atom is 0.338 e. The van der Waals surface area contributed by atoms with Crippen molar-refractivity contribution in [2.24, 2.45) is 0 Å². The monoisotopic (exact) mass is 308 g/mol. The van der Waals surface area contributed by atoms with Gasteiger partial charge in [0.05, 0.1) is 23.7 Å². The molecule has 1 aromatic carbocycles. The maximum atomic E-state index is 11.9. The predicted molar refractivity (Wildman–Crippen MR) is 75.5 cm³/mol. The Morgan fingerprint density at radius 3 is 2.68 bits per heavy atom. The highest BCUT2D eigenvalue weighted by Crippen LogP contribution is 2.19. The van der Waals surface area contributed by atoms with E-state index in [4.69, 9.17) is 9.47 Å². The van der Waals surface area contributed by atoms with E-state index < -0.39 is 10.9 Å². The summed E-state index contributed by atoms with van der Waals surface area (Å²) in [5, 5.41) is 10.9. The third-order valence-corrected chi connectivity index (χ3v) is 3.33. The maximum absolute atomic E-state index is 11.9. The Kier molecular flexibility index (Phi) is 5.05. The Hall–Kier alpha value is -2.48.